The summed E-state index contributed by atoms with van der Waals surface area (Å²) in [5.41, 5.74) is 1.76. The van der Waals surface area contributed by atoms with Gasteiger partial charge < -0.3 is 24.4 Å². The molecule has 1 aliphatic heterocycles. The highest BCUT2D eigenvalue weighted by Crippen LogP contribution is 2.22. The number of aryl methyl sites for hydroxylation is 1. The van der Waals surface area contributed by atoms with Crippen molar-refractivity contribution in [3.63, 3.8) is 0 Å². The van der Waals surface area contributed by atoms with Crippen LogP contribution in [-0.2, 0) is 0 Å². The minimum atomic E-state index is -0.0908. The van der Waals surface area contributed by atoms with Gasteiger partial charge in [0.15, 0.2) is 11.6 Å². The fourth-order valence-corrected chi connectivity index (χ4v) is 3.35. The zero-order valence-electron chi connectivity index (χ0n) is 16.6. The number of piperazine rings is 1. The number of urea groups is 1. The van der Waals surface area contributed by atoms with E-state index >= 15 is 0 Å². The van der Waals surface area contributed by atoms with E-state index in [-0.39, 0.29) is 6.03 Å². The number of rotatable bonds is 4. The van der Waals surface area contributed by atoms with Crippen LogP contribution >= 0.6 is 0 Å². The molecule has 1 aliphatic rings. The van der Waals surface area contributed by atoms with E-state index in [1.807, 2.05) is 71.2 Å². The third kappa shape index (κ3) is 4.16. The first kappa shape index (κ1) is 18.8. The number of nitrogens with zero attached hydrogens (tertiary/aromatic N) is 5. The van der Waals surface area contributed by atoms with Crippen molar-refractivity contribution in [2.45, 2.75) is 6.92 Å². The minimum absolute atomic E-state index is 0.0908. The van der Waals surface area contributed by atoms with E-state index in [4.69, 9.17) is 4.74 Å². The summed E-state index contributed by atoms with van der Waals surface area (Å²) in [7, 11) is 1.63. The summed E-state index contributed by atoms with van der Waals surface area (Å²) in [6, 6.07) is 13.4. The number of carbonyl (C=O) groups excluding carboxylic acids is 1. The molecule has 0 atom stereocenters. The molecule has 1 N–H and O–H groups in total. The lowest BCUT2D eigenvalue weighted by Gasteiger charge is -2.35. The zero-order chi connectivity index (χ0) is 20.2. The van der Waals surface area contributed by atoms with Crippen molar-refractivity contribution < 1.29 is 9.53 Å². The van der Waals surface area contributed by atoms with Gasteiger partial charge in [0.2, 0.25) is 0 Å². The summed E-state index contributed by atoms with van der Waals surface area (Å²) in [6.07, 6.45) is 3.87. The second-order valence-corrected chi connectivity index (χ2v) is 6.93. The number of nitrogens with one attached hydrogen (secondary N) is 1. The maximum Gasteiger partial charge on any atom is 0.321 e. The van der Waals surface area contributed by atoms with Gasteiger partial charge in [-0.3, -0.25) is 0 Å². The molecule has 8 heteroatoms. The van der Waals surface area contributed by atoms with Crippen LogP contribution in [0.3, 0.4) is 0 Å². The quantitative estimate of drug-likeness (QED) is 0.739. The van der Waals surface area contributed by atoms with Gasteiger partial charge in [-0.05, 0) is 55.0 Å². The molecule has 2 amide bonds. The van der Waals surface area contributed by atoms with Crippen LogP contribution in [0.4, 0.5) is 16.3 Å². The van der Waals surface area contributed by atoms with Gasteiger partial charge in [-0.25, -0.2) is 4.79 Å². The van der Waals surface area contributed by atoms with Crippen molar-refractivity contribution in [3.8, 4) is 11.6 Å². The molecule has 3 heterocycles. The molecule has 0 radical (unpaired) electrons. The van der Waals surface area contributed by atoms with E-state index in [1.54, 1.807) is 7.11 Å². The molecule has 3 aromatic rings. The Morgan fingerprint density at radius 1 is 1.00 bits per heavy atom. The van der Waals surface area contributed by atoms with Crippen LogP contribution in [0.15, 0.2) is 54.9 Å². The molecule has 8 nitrogen and oxygen atoms in total. The molecule has 1 fully saturated rings. The van der Waals surface area contributed by atoms with E-state index in [0.29, 0.717) is 26.2 Å². The number of amides is 2. The average Bonchev–Trinajstić information content (AvgIpc) is 3.30. The Morgan fingerprint density at radius 3 is 2.31 bits per heavy atom. The highest BCUT2D eigenvalue weighted by molar-refractivity contribution is 5.90. The van der Waals surface area contributed by atoms with Crippen LogP contribution in [0.5, 0.6) is 5.75 Å². The first-order chi connectivity index (χ1) is 14.1. The van der Waals surface area contributed by atoms with Gasteiger partial charge >= 0.3 is 6.03 Å². The van der Waals surface area contributed by atoms with Gasteiger partial charge in [-0.15, -0.1) is 10.2 Å². The topological polar surface area (TPSA) is 75.5 Å². The average molecular weight is 392 g/mol. The maximum absolute atomic E-state index is 12.6. The number of hydrogen-bond acceptors (Lipinski definition) is 5. The van der Waals surface area contributed by atoms with Crippen molar-refractivity contribution in [2.75, 3.05) is 43.5 Å². The number of aromatic nitrogens is 3. The molecule has 4 rings (SSSR count). The van der Waals surface area contributed by atoms with Crippen molar-refractivity contribution >= 4 is 17.5 Å². The molecular formula is C21H24N6O2. The molecule has 0 aliphatic carbocycles. The molecule has 0 spiro atoms. The number of hydrogen-bond donors (Lipinski definition) is 1. The fourth-order valence-electron chi connectivity index (χ4n) is 3.35. The van der Waals surface area contributed by atoms with Gasteiger partial charge in [0.1, 0.15) is 5.75 Å². The van der Waals surface area contributed by atoms with E-state index in [2.05, 4.69) is 20.4 Å². The number of ether oxygens (including phenoxy) is 1. The molecule has 2 aromatic heterocycles. The van der Waals surface area contributed by atoms with Gasteiger partial charge in [0, 0.05) is 44.3 Å². The summed E-state index contributed by atoms with van der Waals surface area (Å²) in [4.78, 5) is 16.6. The number of anilines is 2. The molecule has 1 saturated heterocycles. The number of methoxy groups -OCH3 is 1. The van der Waals surface area contributed by atoms with Gasteiger partial charge in [-0.2, -0.15) is 0 Å². The van der Waals surface area contributed by atoms with Gasteiger partial charge in [0.25, 0.3) is 0 Å². The molecule has 29 heavy (non-hydrogen) atoms. The lowest BCUT2D eigenvalue weighted by molar-refractivity contribution is 0.208. The van der Waals surface area contributed by atoms with E-state index in [1.165, 1.54) is 0 Å². The second kappa shape index (κ2) is 8.22. The van der Waals surface area contributed by atoms with Crippen molar-refractivity contribution in [1.82, 2.24) is 19.7 Å². The van der Waals surface area contributed by atoms with Gasteiger partial charge in [-0.1, -0.05) is 0 Å². The third-order valence-electron chi connectivity index (χ3n) is 5.07. The van der Waals surface area contributed by atoms with Crippen LogP contribution < -0.4 is 15.0 Å². The Hall–Kier alpha value is -3.55. The summed E-state index contributed by atoms with van der Waals surface area (Å²) in [5.74, 6) is 2.39. The largest absolute Gasteiger partial charge is 0.497 e. The van der Waals surface area contributed by atoms with Crippen LogP contribution in [0.25, 0.3) is 5.82 Å². The van der Waals surface area contributed by atoms with E-state index in [9.17, 15) is 4.79 Å². The lowest BCUT2D eigenvalue weighted by atomic mass is 10.2. The Bertz CT molecular complexity index is 963. The van der Waals surface area contributed by atoms with Crippen molar-refractivity contribution in [2.24, 2.45) is 0 Å². The van der Waals surface area contributed by atoms with Crippen LogP contribution in [0.2, 0.25) is 0 Å². The van der Waals surface area contributed by atoms with E-state index < -0.39 is 0 Å². The highest BCUT2D eigenvalue weighted by atomic mass is 16.5. The first-order valence-corrected chi connectivity index (χ1v) is 9.56. The Labute approximate surface area is 169 Å². The van der Waals surface area contributed by atoms with E-state index in [0.717, 1.165) is 28.6 Å². The predicted octanol–water partition coefficient (Wildman–Crippen LogP) is 2.94. The number of carbonyl (C=O) groups is 1. The maximum atomic E-state index is 12.6. The van der Waals surface area contributed by atoms with Gasteiger partial charge in [0.05, 0.1) is 7.11 Å². The molecule has 0 unspecified atom stereocenters. The first-order valence-electron chi connectivity index (χ1n) is 9.56. The standard InChI is InChI=1S/C21H24N6O2/c1-16-15-17(29-2)5-6-18(16)22-21(28)27-13-11-26(12-14-27)20-8-7-19(23-24-20)25-9-3-4-10-25/h3-10,15H,11-14H2,1-2H3,(H,22,28). The highest BCUT2D eigenvalue weighted by Gasteiger charge is 2.22. The molecule has 1 aromatic carbocycles. The van der Waals surface area contributed by atoms with Crippen molar-refractivity contribution in [1.29, 1.82) is 0 Å². The third-order valence-corrected chi connectivity index (χ3v) is 5.07. The smallest absolute Gasteiger partial charge is 0.321 e. The minimum Gasteiger partial charge on any atom is -0.497 e. The SMILES string of the molecule is COc1ccc(NC(=O)N2CCN(c3ccc(-n4cccc4)nn3)CC2)c(C)c1. The Balaban J connectivity index is 1.33. The normalized spacial score (nSPS) is 14.0. The molecule has 0 bridgehead atoms. The fraction of sp³-hybridized carbons (Fsp3) is 0.286. The summed E-state index contributed by atoms with van der Waals surface area (Å²) < 4.78 is 7.13. The summed E-state index contributed by atoms with van der Waals surface area (Å²) in [6.45, 7) is 4.63. The Kier molecular flexibility index (Phi) is 5.33. The molecule has 150 valence electrons. The Morgan fingerprint density at radius 2 is 1.69 bits per heavy atom. The zero-order valence-corrected chi connectivity index (χ0v) is 16.6. The summed E-state index contributed by atoms with van der Waals surface area (Å²) in [5, 5.41) is 11.6. The lowest BCUT2D eigenvalue weighted by Crippen LogP contribution is -2.50. The van der Waals surface area contributed by atoms with Crippen molar-refractivity contribution in [3.05, 3.63) is 60.4 Å². The van der Waals surface area contributed by atoms with Crippen LogP contribution in [-0.4, -0.2) is 59.0 Å². The van der Waals surface area contributed by atoms with Crippen LogP contribution in [0.1, 0.15) is 5.56 Å². The molecular weight excluding hydrogens is 368 g/mol. The van der Waals surface area contributed by atoms with Crippen LogP contribution in [0, 0.1) is 6.92 Å². The second-order valence-electron chi connectivity index (χ2n) is 6.93. The monoisotopic (exact) mass is 392 g/mol. The number of benzene rings is 1. The summed E-state index contributed by atoms with van der Waals surface area (Å²) >= 11 is 0. The predicted molar refractivity (Wildman–Crippen MR) is 112 cm³/mol. The molecule has 0 saturated carbocycles.